The van der Waals surface area contributed by atoms with Gasteiger partial charge < -0.3 is 13.9 Å². The zero-order chi connectivity index (χ0) is 25.8. The van der Waals surface area contributed by atoms with Crippen LogP contribution in [0.4, 0.5) is 8.78 Å². The summed E-state index contributed by atoms with van der Waals surface area (Å²) in [5.74, 6) is 0.564. The topological polar surface area (TPSA) is 49.8 Å². The summed E-state index contributed by atoms with van der Waals surface area (Å²) in [7, 11) is 0. The summed E-state index contributed by atoms with van der Waals surface area (Å²) in [5.41, 5.74) is 0.956. The molecule has 0 saturated heterocycles. The van der Waals surface area contributed by atoms with E-state index in [2.05, 4.69) is 24.0 Å². The van der Waals surface area contributed by atoms with E-state index in [1.807, 2.05) is 24.3 Å². The van der Waals surface area contributed by atoms with Crippen LogP contribution in [-0.2, 0) is 25.2 Å². The molecule has 0 atom stereocenters. The molecular formula is C31H27F2NO3. The second-order valence-electron chi connectivity index (χ2n) is 9.15. The second kappa shape index (κ2) is 10.5. The zero-order valence-electron chi connectivity index (χ0n) is 20.4. The van der Waals surface area contributed by atoms with Crippen molar-refractivity contribution in [2.75, 3.05) is 0 Å². The Morgan fingerprint density at radius 1 is 0.730 bits per heavy atom. The number of aliphatic hydroxyl groups is 1. The van der Waals surface area contributed by atoms with E-state index >= 15 is 0 Å². The summed E-state index contributed by atoms with van der Waals surface area (Å²) in [4.78, 5) is 2.17. The number of furan rings is 2. The van der Waals surface area contributed by atoms with Gasteiger partial charge in [-0.05, 0) is 77.7 Å². The maximum atomic E-state index is 14.2. The zero-order valence-corrected chi connectivity index (χ0v) is 20.4. The van der Waals surface area contributed by atoms with Crippen LogP contribution in [0.25, 0.3) is 0 Å². The number of halogens is 2. The molecule has 0 bridgehead atoms. The SMILES string of the molecule is Cc1ccccc1CN(Cc1ccco1)Cc1ccc(C(O)(c2cccc(F)c2)c2cccc(F)c2)o1. The molecule has 3 aromatic carbocycles. The first-order valence-corrected chi connectivity index (χ1v) is 12.0. The lowest BCUT2D eigenvalue weighted by molar-refractivity contribution is 0.0941. The second-order valence-corrected chi connectivity index (χ2v) is 9.15. The molecule has 0 unspecified atom stereocenters. The van der Waals surface area contributed by atoms with Crippen LogP contribution in [0.15, 0.2) is 112 Å². The number of rotatable bonds is 9. The van der Waals surface area contributed by atoms with Crippen LogP contribution in [0, 0.1) is 18.6 Å². The molecule has 4 nitrogen and oxygen atoms in total. The maximum absolute atomic E-state index is 14.2. The van der Waals surface area contributed by atoms with Crippen molar-refractivity contribution in [1.82, 2.24) is 4.90 Å². The molecule has 188 valence electrons. The summed E-state index contributed by atoms with van der Waals surface area (Å²) in [6.45, 7) is 3.71. The van der Waals surface area contributed by atoms with Gasteiger partial charge in [-0.3, -0.25) is 4.90 Å². The predicted octanol–water partition coefficient (Wildman–Crippen LogP) is 6.95. The number of nitrogens with zero attached hydrogens (tertiary/aromatic N) is 1. The van der Waals surface area contributed by atoms with Gasteiger partial charge in [-0.1, -0.05) is 48.5 Å². The van der Waals surface area contributed by atoms with Crippen LogP contribution in [0.3, 0.4) is 0 Å². The van der Waals surface area contributed by atoms with Crippen LogP contribution >= 0.6 is 0 Å². The smallest absolute Gasteiger partial charge is 0.173 e. The molecule has 5 aromatic rings. The molecule has 0 spiro atoms. The first kappa shape index (κ1) is 24.7. The van der Waals surface area contributed by atoms with Gasteiger partial charge in [-0.2, -0.15) is 0 Å². The Balaban J connectivity index is 1.49. The highest BCUT2D eigenvalue weighted by atomic mass is 19.1. The average Bonchev–Trinajstić information content (AvgIpc) is 3.57. The highest BCUT2D eigenvalue weighted by molar-refractivity contribution is 5.44. The molecule has 0 aliphatic rings. The first-order chi connectivity index (χ1) is 17.9. The van der Waals surface area contributed by atoms with Gasteiger partial charge in [-0.25, -0.2) is 8.78 Å². The summed E-state index contributed by atoms with van der Waals surface area (Å²) in [5, 5.41) is 11.9. The minimum atomic E-state index is -1.88. The van der Waals surface area contributed by atoms with Gasteiger partial charge >= 0.3 is 0 Å². The van der Waals surface area contributed by atoms with Crippen molar-refractivity contribution < 1.29 is 22.7 Å². The van der Waals surface area contributed by atoms with Gasteiger partial charge in [0, 0.05) is 6.54 Å². The fourth-order valence-corrected chi connectivity index (χ4v) is 4.58. The van der Waals surface area contributed by atoms with Crippen molar-refractivity contribution >= 4 is 0 Å². The van der Waals surface area contributed by atoms with Gasteiger partial charge in [-0.15, -0.1) is 0 Å². The summed E-state index contributed by atoms with van der Waals surface area (Å²) in [6.07, 6.45) is 1.64. The summed E-state index contributed by atoms with van der Waals surface area (Å²) < 4.78 is 40.1. The molecule has 0 radical (unpaired) electrons. The van der Waals surface area contributed by atoms with Crippen LogP contribution < -0.4 is 0 Å². The minimum Gasteiger partial charge on any atom is -0.468 e. The highest BCUT2D eigenvalue weighted by Crippen LogP contribution is 2.38. The third-order valence-electron chi connectivity index (χ3n) is 6.50. The number of hydrogen-bond donors (Lipinski definition) is 1. The van der Waals surface area contributed by atoms with E-state index in [0.29, 0.717) is 25.4 Å². The third kappa shape index (κ3) is 5.40. The van der Waals surface area contributed by atoms with E-state index < -0.39 is 17.2 Å². The highest BCUT2D eigenvalue weighted by Gasteiger charge is 2.38. The van der Waals surface area contributed by atoms with Gasteiger partial charge in [0.2, 0.25) is 0 Å². The molecular weight excluding hydrogens is 472 g/mol. The number of benzene rings is 3. The van der Waals surface area contributed by atoms with E-state index in [-0.39, 0.29) is 16.9 Å². The molecule has 6 heteroatoms. The largest absolute Gasteiger partial charge is 0.468 e. The maximum Gasteiger partial charge on any atom is 0.173 e. The summed E-state index contributed by atoms with van der Waals surface area (Å²) >= 11 is 0. The normalized spacial score (nSPS) is 11.8. The molecule has 5 rings (SSSR count). The van der Waals surface area contributed by atoms with Gasteiger partial charge in [0.1, 0.15) is 28.9 Å². The molecule has 1 N–H and O–H groups in total. The van der Waals surface area contributed by atoms with E-state index in [4.69, 9.17) is 8.83 Å². The number of hydrogen-bond acceptors (Lipinski definition) is 4. The Hall–Kier alpha value is -4.00. The Labute approximate surface area is 214 Å². The van der Waals surface area contributed by atoms with Crippen LogP contribution in [-0.4, -0.2) is 10.0 Å². The average molecular weight is 500 g/mol. The monoisotopic (exact) mass is 499 g/mol. The third-order valence-corrected chi connectivity index (χ3v) is 6.50. The fourth-order valence-electron chi connectivity index (χ4n) is 4.58. The van der Waals surface area contributed by atoms with Gasteiger partial charge in [0.15, 0.2) is 5.60 Å². The lowest BCUT2D eigenvalue weighted by atomic mass is 9.84. The van der Waals surface area contributed by atoms with E-state index in [1.165, 1.54) is 47.5 Å². The molecule has 0 fully saturated rings. The lowest BCUT2D eigenvalue weighted by Gasteiger charge is -2.27. The van der Waals surface area contributed by atoms with Crippen LogP contribution in [0.2, 0.25) is 0 Å². The Morgan fingerprint density at radius 2 is 1.41 bits per heavy atom. The van der Waals surface area contributed by atoms with Crippen molar-refractivity contribution in [2.24, 2.45) is 0 Å². The summed E-state index contributed by atoms with van der Waals surface area (Å²) in [6, 6.07) is 26.6. The van der Waals surface area contributed by atoms with Crippen molar-refractivity contribution in [1.29, 1.82) is 0 Å². The quantitative estimate of drug-likeness (QED) is 0.239. The van der Waals surface area contributed by atoms with Crippen molar-refractivity contribution in [3.05, 3.63) is 154 Å². The molecule has 37 heavy (non-hydrogen) atoms. The van der Waals surface area contributed by atoms with E-state index in [0.717, 1.165) is 5.76 Å². The minimum absolute atomic E-state index is 0.174. The van der Waals surface area contributed by atoms with Crippen LogP contribution in [0.5, 0.6) is 0 Å². The Kier molecular flexibility index (Phi) is 7.04. The standard InChI is InChI=1S/C31H27F2NO3/c1-22-7-2-3-8-23(22)19-34(20-28-13-6-16-36-28)21-29-14-15-30(37-29)31(35,24-9-4-11-26(32)17-24)25-10-5-12-27(33)18-25/h2-18,35H,19-21H2,1H3. The molecule has 0 aliphatic carbocycles. The number of aryl methyl sites for hydroxylation is 1. The molecule has 2 heterocycles. The molecule has 0 saturated carbocycles. The predicted molar refractivity (Wildman–Crippen MR) is 136 cm³/mol. The molecule has 0 aliphatic heterocycles. The molecule has 0 amide bonds. The van der Waals surface area contributed by atoms with E-state index in [9.17, 15) is 13.9 Å². The molecule has 2 aromatic heterocycles. The van der Waals surface area contributed by atoms with Crippen LogP contribution in [0.1, 0.15) is 39.5 Å². The van der Waals surface area contributed by atoms with E-state index in [1.54, 1.807) is 30.5 Å². The van der Waals surface area contributed by atoms with Crippen molar-refractivity contribution in [3.63, 3.8) is 0 Å². The fraction of sp³-hybridized carbons (Fsp3) is 0.161. The Morgan fingerprint density at radius 3 is 2.03 bits per heavy atom. The van der Waals surface area contributed by atoms with Gasteiger partial charge in [0.05, 0.1) is 19.4 Å². The van der Waals surface area contributed by atoms with Gasteiger partial charge in [0.25, 0.3) is 0 Å². The first-order valence-electron chi connectivity index (χ1n) is 12.0. The lowest BCUT2D eigenvalue weighted by Crippen LogP contribution is -2.28. The Bertz CT molecular complexity index is 1430. The van der Waals surface area contributed by atoms with Crippen molar-refractivity contribution in [2.45, 2.75) is 32.2 Å². The van der Waals surface area contributed by atoms with Crippen molar-refractivity contribution in [3.8, 4) is 0 Å².